The summed E-state index contributed by atoms with van der Waals surface area (Å²) in [6.07, 6.45) is 8.78. The van der Waals surface area contributed by atoms with Crippen LogP contribution in [0.5, 0.6) is 0 Å². The van der Waals surface area contributed by atoms with E-state index in [0.29, 0.717) is 44.0 Å². The summed E-state index contributed by atoms with van der Waals surface area (Å²) in [4.78, 5) is 37.4. The van der Waals surface area contributed by atoms with Crippen molar-refractivity contribution in [2.75, 3.05) is 40.3 Å². The third-order valence-corrected chi connectivity index (χ3v) is 8.95. The van der Waals surface area contributed by atoms with Crippen molar-refractivity contribution >= 4 is 39.5 Å². The van der Waals surface area contributed by atoms with E-state index in [9.17, 15) is 9.59 Å². The van der Waals surface area contributed by atoms with Gasteiger partial charge in [-0.15, -0.1) is 0 Å². The molecule has 4 aromatic rings. The number of rotatable bonds is 4. The summed E-state index contributed by atoms with van der Waals surface area (Å²) in [5.74, 6) is 0.371. The SMILES string of the molecule is CN(C)CC1CCN(C(=O)N2CCn3cc(C4=C(c5cnc6ccccn56)C(=O)CC4)c4cc(F)cc(c43)C2)CC1. The van der Waals surface area contributed by atoms with E-state index < -0.39 is 0 Å². The Labute approximate surface area is 238 Å². The first-order valence-electron chi connectivity index (χ1n) is 14.6. The van der Waals surface area contributed by atoms with Gasteiger partial charge in [0.15, 0.2) is 5.78 Å². The van der Waals surface area contributed by atoms with Gasteiger partial charge in [-0.1, -0.05) is 6.07 Å². The predicted molar refractivity (Wildman–Crippen MR) is 157 cm³/mol. The van der Waals surface area contributed by atoms with Crippen LogP contribution in [-0.4, -0.2) is 80.7 Å². The average Bonchev–Trinajstić information content (AvgIpc) is 3.61. The molecule has 0 N–H and O–H groups in total. The van der Waals surface area contributed by atoms with Crippen molar-refractivity contribution in [1.29, 1.82) is 0 Å². The lowest BCUT2D eigenvalue weighted by Gasteiger charge is -2.36. The minimum atomic E-state index is -0.327. The fraction of sp³-hybridized carbons (Fsp3) is 0.406. The molecule has 0 saturated carbocycles. The summed E-state index contributed by atoms with van der Waals surface area (Å²) < 4.78 is 19.3. The Morgan fingerprint density at radius 2 is 1.90 bits per heavy atom. The number of ketones is 1. The Balaban J connectivity index is 1.23. The van der Waals surface area contributed by atoms with Gasteiger partial charge >= 0.3 is 6.03 Å². The highest BCUT2D eigenvalue weighted by atomic mass is 19.1. The Hall–Kier alpha value is -3.98. The number of pyridine rings is 1. The van der Waals surface area contributed by atoms with Crippen LogP contribution in [0.1, 0.15) is 42.5 Å². The zero-order chi connectivity index (χ0) is 28.2. The van der Waals surface area contributed by atoms with Gasteiger partial charge in [0.25, 0.3) is 0 Å². The van der Waals surface area contributed by atoms with Crippen molar-refractivity contribution in [1.82, 2.24) is 28.7 Å². The van der Waals surface area contributed by atoms with Gasteiger partial charge in [-0.25, -0.2) is 14.2 Å². The monoisotopic (exact) mass is 554 g/mol. The number of allylic oxidation sites excluding steroid dienone is 2. The molecule has 9 heteroatoms. The Kier molecular flexibility index (Phi) is 6.42. The van der Waals surface area contributed by atoms with Gasteiger partial charge in [0, 0.05) is 74.6 Å². The number of halogens is 1. The number of hydrogen-bond donors (Lipinski definition) is 0. The molecule has 3 aliphatic rings. The molecule has 1 aliphatic carbocycles. The van der Waals surface area contributed by atoms with Crippen LogP contribution in [0, 0.1) is 11.7 Å². The zero-order valence-electron chi connectivity index (χ0n) is 23.6. The van der Waals surface area contributed by atoms with Crippen LogP contribution in [0.25, 0.3) is 27.7 Å². The molecular weight excluding hydrogens is 519 g/mol. The minimum Gasteiger partial charge on any atom is -0.345 e. The lowest BCUT2D eigenvalue weighted by atomic mass is 9.96. The van der Waals surface area contributed by atoms with E-state index in [1.807, 2.05) is 38.6 Å². The minimum absolute atomic E-state index is 0.0377. The van der Waals surface area contributed by atoms with Gasteiger partial charge in [0.1, 0.15) is 11.5 Å². The number of likely N-dealkylation sites (tertiary alicyclic amines) is 1. The maximum Gasteiger partial charge on any atom is 0.320 e. The second-order valence-electron chi connectivity index (χ2n) is 11.9. The fourth-order valence-corrected chi connectivity index (χ4v) is 7.07. The van der Waals surface area contributed by atoms with Crippen molar-refractivity contribution < 1.29 is 14.0 Å². The molecule has 0 bridgehead atoms. The summed E-state index contributed by atoms with van der Waals surface area (Å²) in [5, 5.41) is 0.801. The number of urea groups is 1. The van der Waals surface area contributed by atoms with Crippen molar-refractivity contribution in [3.05, 3.63) is 71.6 Å². The highest BCUT2D eigenvalue weighted by molar-refractivity contribution is 6.31. The molecule has 0 spiro atoms. The van der Waals surface area contributed by atoms with Crippen molar-refractivity contribution in [2.45, 2.75) is 38.8 Å². The summed E-state index contributed by atoms with van der Waals surface area (Å²) in [7, 11) is 4.19. The number of Topliss-reactive ketones (excluding diaryl/α,β-unsaturated/α-hetero) is 1. The van der Waals surface area contributed by atoms with E-state index >= 15 is 4.39 Å². The number of fused-ring (bicyclic) bond motifs is 1. The van der Waals surface area contributed by atoms with Crippen LogP contribution in [0.3, 0.4) is 0 Å². The fourth-order valence-electron chi connectivity index (χ4n) is 7.07. The maximum absolute atomic E-state index is 15.2. The van der Waals surface area contributed by atoms with Crippen LogP contribution >= 0.6 is 0 Å². The normalized spacial score (nSPS) is 18.4. The standard InChI is InChI=1S/C32H35FN6O2/c1-35(2)18-21-8-11-36(12-9-21)32(41)38-14-13-37-20-26(25-16-23(33)15-22(19-38)31(25)37)24-6-7-28(40)30(24)27-17-34-29-5-3-4-10-39(27)29/h3-5,10,15-17,20-21H,6-9,11-14,18-19H2,1-2H3. The molecule has 0 atom stereocenters. The van der Waals surface area contributed by atoms with Gasteiger partial charge in [-0.2, -0.15) is 0 Å². The Bertz CT molecular complexity index is 1710. The first kappa shape index (κ1) is 26.0. The Morgan fingerprint density at radius 1 is 1.07 bits per heavy atom. The number of imidazole rings is 1. The smallest absolute Gasteiger partial charge is 0.320 e. The number of aromatic nitrogens is 3. The van der Waals surface area contributed by atoms with Gasteiger partial charge < -0.3 is 19.3 Å². The summed E-state index contributed by atoms with van der Waals surface area (Å²) in [6, 6.07) is 8.96. The average molecular weight is 555 g/mol. The van der Waals surface area contributed by atoms with Crippen LogP contribution in [0.4, 0.5) is 9.18 Å². The Morgan fingerprint density at radius 3 is 2.71 bits per heavy atom. The molecule has 7 rings (SSSR count). The van der Waals surface area contributed by atoms with E-state index in [0.717, 1.165) is 71.4 Å². The van der Waals surface area contributed by atoms with Crippen molar-refractivity contribution in [3.63, 3.8) is 0 Å². The third kappa shape index (κ3) is 4.52. The van der Waals surface area contributed by atoms with Gasteiger partial charge in [-0.05, 0) is 74.7 Å². The largest absolute Gasteiger partial charge is 0.345 e. The van der Waals surface area contributed by atoms with Crippen LogP contribution in [0.2, 0.25) is 0 Å². The number of carbonyl (C=O) groups excluding carboxylic acids is 2. The first-order valence-corrected chi connectivity index (χ1v) is 14.6. The number of amides is 2. The van der Waals surface area contributed by atoms with E-state index in [-0.39, 0.29) is 17.6 Å². The predicted octanol–water partition coefficient (Wildman–Crippen LogP) is 4.91. The number of piperidine rings is 1. The summed E-state index contributed by atoms with van der Waals surface area (Å²) in [5.41, 5.74) is 5.82. The van der Waals surface area contributed by atoms with Gasteiger partial charge in [0.2, 0.25) is 0 Å². The maximum atomic E-state index is 15.2. The van der Waals surface area contributed by atoms with Gasteiger partial charge in [-0.3, -0.25) is 9.20 Å². The molecule has 1 aromatic carbocycles. The third-order valence-electron chi connectivity index (χ3n) is 8.95. The van der Waals surface area contributed by atoms with Crippen molar-refractivity contribution in [2.24, 2.45) is 5.92 Å². The molecule has 1 saturated heterocycles. The van der Waals surface area contributed by atoms with Crippen molar-refractivity contribution in [3.8, 4) is 0 Å². The number of nitrogens with zero attached hydrogens (tertiary/aromatic N) is 6. The van der Waals surface area contributed by atoms with E-state index in [1.54, 1.807) is 18.3 Å². The second kappa shape index (κ2) is 10.1. The number of carbonyl (C=O) groups is 2. The molecule has 2 amide bonds. The van der Waals surface area contributed by atoms with E-state index in [1.165, 1.54) is 0 Å². The second-order valence-corrected chi connectivity index (χ2v) is 11.9. The van der Waals surface area contributed by atoms with E-state index in [4.69, 9.17) is 0 Å². The van der Waals surface area contributed by atoms with Crippen LogP contribution in [-0.2, 0) is 17.9 Å². The highest BCUT2D eigenvalue weighted by Gasteiger charge is 2.32. The molecule has 1 fully saturated rings. The molecule has 3 aromatic heterocycles. The zero-order valence-corrected chi connectivity index (χ0v) is 23.6. The lowest BCUT2D eigenvalue weighted by molar-refractivity contribution is -0.113. The summed E-state index contributed by atoms with van der Waals surface area (Å²) >= 11 is 0. The van der Waals surface area contributed by atoms with Crippen LogP contribution < -0.4 is 0 Å². The van der Waals surface area contributed by atoms with Gasteiger partial charge in [0.05, 0.1) is 17.4 Å². The lowest BCUT2D eigenvalue weighted by Crippen LogP contribution is -2.47. The first-order chi connectivity index (χ1) is 19.9. The number of benzene rings is 1. The van der Waals surface area contributed by atoms with Crippen LogP contribution in [0.15, 0.2) is 48.9 Å². The number of hydrogen-bond acceptors (Lipinski definition) is 4. The summed E-state index contributed by atoms with van der Waals surface area (Å²) in [6.45, 7) is 4.10. The van der Waals surface area contributed by atoms with E-state index in [2.05, 4.69) is 34.7 Å². The molecule has 2 aliphatic heterocycles. The molecule has 0 unspecified atom stereocenters. The molecule has 41 heavy (non-hydrogen) atoms. The molecular formula is C32H35FN6O2. The molecule has 0 radical (unpaired) electrons. The molecule has 8 nitrogen and oxygen atoms in total. The topological polar surface area (TPSA) is 66.1 Å². The molecule has 212 valence electrons. The molecule has 5 heterocycles. The quantitative estimate of drug-likeness (QED) is 0.360. The highest BCUT2D eigenvalue weighted by Crippen LogP contribution is 2.42.